The van der Waals surface area contributed by atoms with E-state index in [9.17, 15) is 39.5 Å². The summed E-state index contributed by atoms with van der Waals surface area (Å²) >= 11 is 0. The van der Waals surface area contributed by atoms with Crippen molar-refractivity contribution in [2.45, 2.75) is 38.2 Å². The van der Waals surface area contributed by atoms with E-state index >= 15 is 0 Å². The van der Waals surface area contributed by atoms with Gasteiger partial charge in [0.1, 0.15) is 28.7 Å². The van der Waals surface area contributed by atoms with Gasteiger partial charge in [0.15, 0.2) is 0 Å². The van der Waals surface area contributed by atoms with Crippen molar-refractivity contribution in [1.29, 1.82) is 0 Å². The first-order valence-corrected chi connectivity index (χ1v) is 10.1. The fourth-order valence-corrected chi connectivity index (χ4v) is 3.16. The van der Waals surface area contributed by atoms with Gasteiger partial charge < -0.3 is 9.47 Å². The molecule has 0 unspecified atom stereocenters. The molecule has 0 N–H and O–H groups in total. The molecule has 0 fully saturated rings. The van der Waals surface area contributed by atoms with E-state index in [1.807, 2.05) is 6.92 Å². The molecule has 0 amide bonds. The largest absolute Gasteiger partial charge is 0.429 e. The highest BCUT2D eigenvalue weighted by molar-refractivity contribution is 5.35. The molecule has 35 heavy (non-hydrogen) atoms. The highest BCUT2D eigenvalue weighted by Gasteiger charge is 2.40. The van der Waals surface area contributed by atoms with Crippen LogP contribution in [0.25, 0.3) is 0 Å². The molecular weight excluding hydrogens is 491 g/mol. The predicted octanol–water partition coefficient (Wildman–Crippen LogP) is 8.19. The van der Waals surface area contributed by atoms with Crippen LogP contribution in [0, 0.1) is 11.6 Å². The Morgan fingerprint density at radius 3 is 1.49 bits per heavy atom. The van der Waals surface area contributed by atoms with E-state index in [1.54, 1.807) is 0 Å². The Bertz CT molecular complexity index is 1130. The van der Waals surface area contributed by atoms with Crippen LogP contribution in [-0.4, -0.2) is 0 Å². The van der Waals surface area contributed by atoms with Gasteiger partial charge in [0.25, 0.3) is 0 Å². The second-order valence-electron chi connectivity index (χ2n) is 7.47. The zero-order valence-electron chi connectivity index (χ0n) is 17.9. The van der Waals surface area contributed by atoms with Crippen molar-refractivity contribution in [2.75, 3.05) is 0 Å². The summed E-state index contributed by atoms with van der Waals surface area (Å²) in [6.45, 7) is 1.93. The molecule has 0 aliphatic rings. The Labute approximate surface area is 193 Å². The summed E-state index contributed by atoms with van der Waals surface area (Å²) in [4.78, 5) is 0. The number of hydrogen-bond acceptors (Lipinski definition) is 2. The van der Waals surface area contributed by atoms with Gasteiger partial charge in [0.05, 0.1) is 11.1 Å². The standard InChI is InChI=1S/C24H17F9O2/c1-2-3-14-4-6-15(7-5-14)23(30,31)34-17-10-8-16(9-11-17)24(32,33)35-18-12-19(25)21(20(26)13-18)22(27,28)29/h4-13H,2-3H2,1H3. The van der Waals surface area contributed by atoms with E-state index < -0.39 is 58.2 Å². The van der Waals surface area contributed by atoms with E-state index in [-0.39, 0.29) is 12.1 Å². The van der Waals surface area contributed by atoms with Gasteiger partial charge in [-0.1, -0.05) is 25.5 Å². The number of ether oxygens (including phenoxy) is 2. The van der Waals surface area contributed by atoms with Crippen LogP contribution in [0.3, 0.4) is 0 Å². The lowest BCUT2D eigenvalue weighted by Gasteiger charge is -2.21. The molecule has 0 atom stereocenters. The van der Waals surface area contributed by atoms with Crippen LogP contribution in [0.15, 0.2) is 60.7 Å². The van der Waals surface area contributed by atoms with Gasteiger partial charge in [-0.15, -0.1) is 0 Å². The Kier molecular flexibility index (Phi) is 7.28. The molecular formula is C24H17F9O2. The van der Waals surface area contributed by atoms with E-state index in [1.165, 1.54) is 24.3 Å². The third-order valence-corrected chi connectivity index (χ3v) is 4.81. The second-order valence-corrected chi connectivity index (χ2v) is 7.47. The Hall–Kier alpha value is -3.37. The average molecular weight is 508 g/mol. The molecule has 3 aromatic carbocycles. The summed E-state index contributed by atoms with van der Waals surface area (Å²) < 4.78 is 132. The van der Waals surface area contributed by atoms with Crippen LogP contribution in [0.2, 0.25) is 0 Å². The van der Waals surface area contributed by atoms with Gasteiger partial charge in [0, 0.05) is 12.1 Å². The number of hydrogen-bond donors (Lipinski definition) is 0. The summed E-state index contributed by atoms with van der Waals surface area (Å²) in [7, 11) is 0. The average Bonchev–Trinajstić information content (AvgIpc) is 2.72. The minimum Gasteiger partial charge on any atom is -0.429 e. The highest BCUT2D eigenvalue weighted by Crippen LogP contribution is 2.39. The number of alkyl halides is 7. The van der Waals surface area contributed by atoms with Gasteiger partial charge in [-0.25, -0.2) is 8.78 Å². The first-order valence-electron chi connectivity index (χ1n) is 10.1. The summed E-state index contributed by atoms with van der Waals surface area (Å²) in [6, 6.07) is 8.23. The lowest BCUT2D eigenvalue weighted by Crippen LogP contribution is -2.23. The van der Waals surface area contributed by atoms with E-state index in [0.29, 0.717) is 18.6 Å². The molecule has 0 saturated heterocycles. The topological polar surface area (TPSA) is 18.5 Å². The SMILES string of the molecule is CCCc1ccc(C(F)(F)Oc2ccc(C(F)(F)Oc3cc(F)c(C(F)(F)F)c(F)c3)cc2)cc1. The van der Waals surface area contributed by atoms with Crippen LogP contribution < -0.4 is 9.47 Å². The monoisotopic (exact) mass is 508 g/mol. The fraction of sp³-hybridized carbons (Fsp3) is 0.250. The van der Waals surface area contributed by atoms with E-state index in [0.717, 1.165) is 24.1 Å². The zero-order valence-corrected chi connectivity index (χ0v) is 17.9. The summed E-state index contributed by atoms with van der Waals surface area (Å²) in [5.74, 6) is -5.97. The highest BCUT2D eigenvalue weighted by atomic mass is 19.4. The second kappa shape index (κ2) is 9.71. The van der Waals surface area contributed by atoms with Crippen LogP contribution >= 0.6 is 0 Å². The molecule has 188 valence electrons. The third kappa shape index (κ3) is 6.20. The number of halogens is 9. The van der Waals surface area contributed by atoms with Crippen molar-refractivity contribution >= 4 is 0 Å². The third-order valence-electron chi connectivity index (χ3n) is 4.81. The summed E-state index contributed by atoms with van der Waals surface area (Å²) in [6.07, 6.45) is -11.9. The van der Waals surface area contributed by atoms with Crippen molar-refractivity contribution in [1.82, 2.24) is 0 Å². The Balaban J connectivity index is 1.75. The number of aryl methyl sites for hydroxylation is 1. The molecule has 0 aliphatic heterocycles. The molecule has 3 aromatic rings. The van der Waals surface area contributed by atoms with Gasteiger partial charge in [-0.05, 0) is 48.4 Å². The van der Waals surface area contributed by atoms with Crippen LogP contribution in [0.4, 0.5) is 39.5 Å². The number of benzene rings is 3. The zero-order chi connectivity index (χ0) is 26.0. The van der Waals surface area contributed by atoms with E-state index in [2.05, 4.69) is 9.47 Å². The molecule has 0 aromatic heterocycles. The maximum absolute atomic E-state index is 14.4. The smallest absolute Gasteiger partial charge is 0.426 e. The van der Waals surface area contributed by atoms with Crippen LogP contribution in [0.5, 0.6) is 11.5 Å². The minimum absolute atomic E-state index is 0.0381. The van der Waals surface area contributed by atoms with Crippen molar-refractivity contribution in [2.24, 2.45) is 0 Å². The number of rotatable bonds is 8. The maximum atomic E-state index is 14.4. The molecule has 3 rings (SSSR count). The van der Waals surface area contributed by atoms with E-state index in [4.69, 9.17) is 0 Å². The molecule has 0 spiro atoms. The van der Waals surface area contributed by atoms with Crippen molar-refractivity contribution in [3.05, 3.63) is 94.6 Å². The van der Waals surface area contributed by atoms with Crippen molar-refractivity contribution in [3.8, 4) is 11.5 Å². The van der Waals surface area contributed by atoms with Gasteiger partial charge in [-0.2, -0.15) is 30.7 Å². The molecule has 0 heterocycles. The fourth-order valence-electron chi connectivity index (χ4n) is 3.16. The van der Waals surface area contributed by atoms with Gasteiger partial charge >= 0.3 is 18.4 Å². The van der Waals surface area contributed by atoms with Gasteiger partial charge in [-0.3, -0.25) is 0 Å². The maximum Gasteiger partial charge on any atom is 0.426 e. The normalized spacial score (nSPS) is 12.5. The molecule has 0 aliphatic carbocycles. The molecule has 0 bridgehead atoms. The first kappa shape index (κ1) is 26.2. The lowest BCUT2D eigenvalue weighted by atomic mass is 10.1. The quantitative estimate of drug-likeness (QED) is 0.286. The van der Waals surface area contributed by atoms with Crippen LogP contribution in [-0.2, 0) is 24.8 Å². The predicted molar refractivity (Wildman–Crippen MR) is 107 cm³/mol. The summed E-state index contributed by atoms with van der Waals surface area (Å²) in [5, 5.41) is 0. The Morgan fingerprint density at radius 2 is 1.06 bits per heavy atom. The van der Waals surface area contributed by atoms with Crippen LogP contribution in [0.1, 0.15) is 35.6 Å². The molecule has 2 nitrogen and oxygen atoms in total. The summed E-state index contributed by atoms with van der Waals surface area (Å²) in [5.41, 5.74) is -2.79. The minimum atomic E-state index is -5.38. The Morgan fingerprint density at radius 1 is 0.629 bits per heavy atom. The molecule has 0 saturated carbocycles. The molecule has 0 radical (unpaired) electrons. The first-order chi connectivity index (χ1) is 16.2. The molecule has 11 heteroatoms. The van der Waals surface area contributed by atoms with Crippen molar-refractivity contribution < 1.29 is 49.0 Å². The lowest BCUT2D eigenvalue weighted by molar-refractivity contribution is -0.187. The van der Waals surface area contributed by atoms with Gasteiger partial charge in [0.2, 0.25) is 0 Å². The van der Waals surface area contributed by atoms with Crippen molar-refractivity contribution in [3.63, 3.8) is 0 Å².